The van der Waals surface area contributed by atoms with Gasteiger partial charge in [0.25, 0.3) is 0 Å². The first-order valence-electron chi connectivity index (χ1n) is 11.1. The number of nitrogens with one attached hydrogen (secondary N) is 1. The third kappa shape index (κ3) is 7.13. The normalized spacial score (nSPS) is 25.9. The van der Waals surface area contributed by atoms with E-state index >= 15 is 0 Å². The van der Waals surface area contributed by atoms with Crippen LogP contribution in [-0.2, 0) is 4.79 Å². The number of allylic oxidation sites excluding steroid dienone is 8. The van der Waals surface area contributed by atoms with Crippen LogP contribution in [0.1, 0.15) is 40.0 Å². The fourth-order valence-electron chi connectivity index (χ4n) is 4.03. The standard InChI is InChI=1S/C25H38N2OS/c1-5-13-20(4)25-22(16-18-26-17-12-19-27(6-2)7-3)24(28)21-14-10-8-9-11-15-23(21)29-25/h5,8-11,14-15,20,22,25-26H,1,6-7,12-13,16-19H2,2-4H3/b9-8-,10-8?,11-9?,14-10+,15-11+,21-14?,23-15?. The smallest absolute Gasteiger partial charge is 0.168 e. The van der Waals surface area contributed by atoms with Crippen LogP contribution in [0.25, 0.3) is 0 Å². The molecule has 3 atom stereocenters. The Kier molecular flexibility index (Phi) is 10.8. The molecule has 2 aliphatic rings. The summed E-state index contributed by atoms with van der Waals surface area (Å²) in [5, 5.41) is 3.88. The van der Waals surface area contributed by atoms with Crippen molar-refractivity contribution in [2.45, 2.75) is 45.3 Å². The van der Waals surface area contributed by atoms with Crippen molar-refractivity contribution in [1.82, 2.24) is 10.2 Å². The second-order valence-electron chi connectivity index (χ2n) is 7.86. The SMILES string of the molecule is C=CCC(C)C1SC2=C(/C=C/C=C\C=C\2)C(=O)C1CCNCCCN(CC)CC. The van der Waals surface area contributed by atoms with Crippen LogP contribution in [0.15, 0.2) is 59.6 Å². The van der Waals surface area contributed by atoms with E-state index in [0.717, 1.165) is 62.5 Å². The number of rotatable bonds is 12. The van der Waals surface area contributed by atoms with Crippen molar-refractivity contribution in [3.63, 3.8) is 0 Å². The molecule has 0 aromatic heterocycles. The monoisotopic (exact) mass is 414 g/mol. The number of ketones is 1. The van der Waals surface area contributed by atoms with Gasteiger partial charge in [0.05, 0.1) is 0 Å². The lowest BCUT2D eigenvalue weighted by Crippen LogP contribution is -2.37. The second kappa shape index (κ2) is 13.0. The molecule has 1 N–H and O–H groups in total. The van der Waals surface area contributed by atoms with E-state index in [1.54, 1.807) is 0 Å². The second-order valence-corrected chi connectivity index (χ2v) is 9.07. The molecule has 4 heteroatoms. The molecule has 0 saturated carbocycles. The van der Waals surface area contributed by atoms with E-state index in [9.17, 15) is 4.79 Å². The highest BCUT2D eigenvalue weighted by Crippen LogP contribution is 2.44. The molecule has 0 bridgehead atoms. The van der Waals surface area contributed by atoms with Crippen LogP contribution >= 0.6 is 11.8 Å². The average molecular weight is 415 g/mol. The first kappa shape index (κ1) is 23.9. The molecule has 0 fully saturated rings. The maximum absolute atomic E-state index is 13.4. The maximum atomic E-state index is 13.4. The van der Waals surface area contributed by atoms with E-state index < -0.39 is 0 Å². The number of Topliss-reactive ketones (excluding diaryl/α,β-unsaturated/α-hetero) is 1. The summed E-state index contributed by atoms with van der Waals surface area (Å²) >= 11 is 1.88. The lowest BCUT2D eigenvalue weighted by atomic mass is 9.83. The van der Waals surface area contributed by atoms with Gasteiger partial charge in [0.2, 0.25) is 0 Å². The average Bonchev–Trinajstić information content (AvgIpc) is 2.69. The summed E-state index contributed by atoms with van der Waals surface area (Å²) in [6, 6.07) is 0. The van der Waals surface area contributed by atoms with Gasteiger partial charge in [0, 0.05) is 21.6 Å². The Balaban J connectivity index is 1.99. The number of hydrogen-bond donors (Lipinski definition) is 1. The van der Waals surface area contributed by atoms with Gasteiger partial charge in [-0.2, -0.15) is 0 Å². The van der Waals surface area contributed by atoms with Gasteiger partial charge >= 0.3 is 0 Å². The van der Waals surface area contributed by atoms with Gasteiger partial charge in [-0.15, -0.1) is 18.3 Å². The van der Waals surface area contributed by atoms with Gasteiger partial charge in [-0.05, 0) is 64.0 Å². The number of carbonyl (C=O) groups excluding carboxylic acids is 1. The van der Waals surface area contributed by atoms with Crippen molar-refractivity contribution < 1.29 is 4.79 Å². The summed E-state index contributed by atoms with van der Waals surface area (Å²) in [5.74, 6) is 0.799. The predicted octanol–water partition coefficient (Wildman–Crippen LogP) is 5.15. The number of hydrogen-bond acceptors (Lipinski definition) is 4. The van der Waals surface area contributed by atoms with Gasteiger partial charge in [0.15, 0.2) is 5.78 Å². The molecule has 3 unspecified atom stereocenters. The summed E-state index contributed by atoms with van der Waals surface area (Å²) in [6.45, 7) is 15.9. The van der Waals surface area contributed by atoms with E-state index in [0.29, 0.717) is 17.0 Å². The summed E-state index contributed by atoms with van der Waals surface area (Å²) in [5.41, 5.74) is 0.879. The minimum atomic E-state index is 0.0606. The molecule has 1 aliphatic carbocycles. The summed E-state index contributed by atoms with van der Waals surface area (Å²) in [4.78, 5) is 17.0. The van der Waals surface area contributed by atoms with Crippen molar-refractivity contribution in [2.75, 3.05) is 32.7 Å². The van der Waals surface area contributed by atoms with Crippen LogP contribution in [0.3, 0.4) is 0 Å². The first-order valence-corrected chi connectivity index (χ1v) is 12.0. The minimum absolute atomic E-state index is 0.0606. The van der Waals surface area contributed by atoms with Crippen molar-refractivity contribution in [2.24, 2.45) is 11.8 Å². The van der Waals surface area contributed by atoms with Crippen LogP contribution in [-0.4, -0.2) is 48.7 Å². The van der Waals surface area contributed by atoms with Crippen LogP contribution in [0.5, 0.6) is 0 Å². The lowest BCUT2D eigenvalue weighted by Gasteiger charge is -2.35. The Morgan fingerprint density at radius 1 is 1.17 bits per heavy atom. The molecule has 0 amide bonds. The molecule has 0 aromatic rings. The third-order valence-electron chi connectivity index (χ3n) is 5.82. The molecule has 0 saturated heterocycles. The van der Waals surface area contributed by atoms with E-state index in [1.165, 1.54) is 0 Å². The largest absolute Gasteiger partial charge is 0.317 e. The van der Waals surface area contributed by atoms with Crippen LogP contribution < -0.4 is 5.32 Å². The minimum Gasteiger partial charge on any atom is -0.317 e. The number of carbonyl (C=O) groups is 1. The van der Waals surface area contributed by atoms with Gasteiger partial charge in [-0.25, -0.2) is 0 Å². The molecule has 29 heavy (non-hydrogen) atoms. The molecule has 1 aliphatic heterocycles. The molecule has 160 valence electrons. The highest BCUT2D eigenvalue weighted by atomic mass is 32.2. The van der Waals surface area contributed by atoms with E-state index in [1.807, 2.05) is 48.2 Å². The van der Waals surface area contributed by atoms with E-state index in [4.69, 9.17) is 0 Å². The highest BCUT2D eigenvalue weighted by molar-refractivity contribution is 8.04. The third-order valence-corrected chi connectivity index (χ3v) is 7.50. The number of nitrogens with zero attached hydrogens (tertiary/aromatic N) is 1. The van der Waals surface area contributed by atoms with E-state index in [2.05, 4.69) is 43.6 Å². The molecular weight excluding hydrogens is 376 g/mol. The summed E-state index contributed by atoms with van der Waals surface area (Å²) in [6.07, 6.45) is 17.1. The molecule has 0 spiro atoms. The Morgan fingerprint density at radius 2 is 1.90 bits per heavy atom. The zero-order chi connectivity index (χ0) is 21.1. The van der Waals surface area contributed by atoms with Crippen molar-refractivity contribution >= 4 is 17.5 Å². The van der Waals surface area contributed by atoms with Gasteiger partial charge in [0.1, 0.15) is 0 Å². The fraction of sp³-hybridized carbons (Fsp3) is 0.560. The first-order chi connectivity index (χ1) is 14.1. The van der Waals surface area contributed by atoms with Crippen molar-refractivity contribution in [1.29, 1.82) is 0 Å². The Bertz CT molecular complexity index is 658. The molecule has 1 heterocycles. The summed E-state index contributed by atoms with van der Waals surface area (Å²) in [7, 11) is 0. The van der Waals surface area contributed by atoms with Gasteiger partial charge in [-0.1, -0.05) is 57.2 Å². The molecule has 2 rings (SSSR count). The Labute approximate surface area is 182 Å². The van der Waals surface area contributed by atoms with Crippen LogP contribution in [0, 0.1) is 11.8 Å². The Hall–Kier alpha value is -1.36. The maximum Gasteiger partial charge on any atom is 0.168 e. The van der Waals surface area contributed by atoms with Crippen molar-refractivity contribution in [3.8, 4) is 0 Å². The molecular formula is C25H38N2OS. The number of thioether (sulfide) groups is 1. The zero-order valence-electron chi connectivity index (χ0n) is 18.4. The molecule has 0 radical (unpaired) electrons. The van der Waals surface area contributed by atoms with Gasteiger partial charge in [-0.3, -0.25) is 4.79 Å². The predicted molar refractivity (Wildman–Crippen MR) is 128 cm³/mol. The summed E-state index contributed by atoms with van der Waals surface area (Å²) < 4.78 is 0. The van der Waals surface area contributed by atoms with Crippen LogP contribution in [0.4, 0.5) is 0 Å². The highest BCUT2D eigenvalue weighted by Gasteiger charge is 2.38. The Morgan fingerprint density at radius 3 is 2.59 bits per heavy atom. The quantitative estimate of drug-likeness (QED) is 0.354. The topological polar surface area (TPSA) is 32.3 Å². The van der Waals surface area contributed by atoms with E-state index in [-0.39, 0.29) is 5.92 Å². The van der Waals surface area contributed by atoms with Crippen molar-refractivity contribution in [3.05, 3.63) is 59.6 Å². The van der Waals surface area contributed by atoms with Crippen LogP contribution in [0.2, 0.25) is 0 Å². The molecule has 0 aromatic carbocycles. The molecule has 3 nitrogen and oxygen atoms in total. The fourth-order valence-corrected chi connectivity index (χ4v) is 5.55. The van der Waals surface area contributed by atoms with Gasteiger partial charge < -0.3 is 10.2 Å². The lowest BCUT2D eigenvalue weighted by molar-refractivity contribution is -0.119. The zero-order valence-corrected chi connectivity index (χ0v) is 19.2.